The molecule has 1 aliphatic rings. The molecule has 90 valence electrons. The fourth-order valence-electron chi connectivity index (χ4n) is 2.27. The van der Waals surface area contributed by atoms with Gasteiger partial charge in [0.1, 0.15) is 0 Å². The summed E-state index contributed by atoms with van der Waals surface area (Å²) in [6.45, 7) is 3.31. The van der Waals surface area contributed by atoms with Crippen molar-refractivity contribution in [3.63, 3.8) is 0 Å². The van der Waals surface area contributed by atoms with E-state index in [0.717, 1.165) is 25.3 Å². The average Bonchev–Trinajstić information content (AvgIpc) is 2.79. The summed E-state index contributed by atoms with van der Waals surface area (Å²) in [5.41, 5.74) is 1.22. The third-order valence-corrected chi connectivity index (χ3v) is 4.36. The van der Waals surface area contributed by atoms with E-state index in [1.165, 1.54) is 30.1 Å². The molecular formula is C12H19ClN2S. The first-order valence-corrected chi connectivity index (χ1v) is 7.53. The molecule has 0 aliphatic carbocycles. The van der Waals surface area contributed by atoms with Crippen molar-refractivity contribution in [3.05, 3.63) is 11.1 Å². The summed E-state index contributed by atoms with van der Waals surface area (Å²) in [6, 6.07) is 0.613. The minimum Gasteiger partial charge on any atom is -0.345 e. The van der Waals surface area contributed by atoms with Crippen LogP contribution in [0.15, 0.2) is 5.38 Å². The third-order valence-electron chi connectivity index (χ3n) is 3.22. The van der Waals surface area contributed by atoms with Crippen molar-refractivity contribution in [1.82, 2.24) is 4.98 Å². The Kier molecular flexibility index (Phi) is 4.47. The molecule has 1 aromatic heterocycles. The lowest BCUT2D eigenvalue weighted by Crippen LogP contribution is -2.39. The van der Waals surface area contributed by atoms with E-state index in [1.807, 2.05) is 0 Å². The van der Waals surface area contributed by atoms with Crippen molar-refractivity contribution in [2.24, 2.45) is 0 Å². The molecule has 0 amide bonds. The lowest BCUT2D eigenvalue weighted by molar-refractivity contribution is 0.450. The van der Waals surface area contributed by atoms with Crippen molar-refractivity contribution >= 4 is 28.1 Å². The zero-order chi connectivity index (χ0) is 11.4. The first-order valence-electron chi connectivity index (χ1n) is 6.12. The Morgan fingerprint density at radius 2 is 2.44 bits per heavy atom. The van der Waals surface area contributed by atoms with Gasteiger partial charge in [-0.2, -0.15) is 0 Å². The fraction of sp³-hybridized carbons (Fsp3) is 0.750. The van der Waals surface area contributed by atoms with Crippen LogP contribution in [0.25, 0.3) is 0 Å². The Balaban J connectivity index is 2.09. The van der Waals surface area contributed by atoms with Crippen LogP contribution >= 0.6 is 22.9 Å². The van der Waals surface area contributed by atoms with Crippen molar-refractivity contribution in [1.29, 1.82) is 0 Å². The van der Waals surface area contributed by atoms with Gasteiger partial charge >= 0.3 is 0 Å². The molecule has 1 fully saturated rings. The molecule has 1 aromatic rings. The summed E-state index contributed by atoms with van der Waals surface area (Å²) in [5, 5.41) is 3.38. The molecule has 0 N–H and O–H groups in total. The van der Waals surface area contributed by atoms with Crippen molar-refractivity contribution < 1.29 is 0 Å². The highest BCUT2D eigenvalue weighted by atomic mass is 35.5. The van der Waals surface area contributed by atoms with Crippen LogP contribution in [-0.4, -0.2) is 23.5 Å². The van der Waals surface area contributed by atoms with Gasteiger partial charge in [0.05, 0.1) is 5.69 Å². The van der Waals surface area contributed by atoms with Gasteiger partial charge in [-0.3, -0.25) is 0 Å². The Morgan fingerprint density at radius 3 is 3.12 bits per heavy atom. The number of anilines is 1. The van der Waals surface area contributed by atoms with Crippen molar-refractivity contribution in [2.75, 3.05) is 17.3 Å². The maximum Gasteiger partial charge on any atom is 0.185 e. The molecule has 1 atom stereocenters. The van der Waals surface area contributed by atoms with E-state index in [4.69, 9.17) is 11.6 Å². The number of aromatic nitrogens is 1. The lowest BCUT2D eigenvalue weighted by atomic mass is 10.0. The molecule has 1 unspecified atom stereocenters. The number of halogens is 1. The summed E-state index contributed by atoms with van der Waals surface area (Å²) in [4.78, 5) is 7.15. The lowest BCUT2D eigenvalue weighted by Gasteiger charge is -2.35. The summed E-state index contributed by atoms with van der Waals surface area (Å²) < 4.78 is 0. The second-order valence-electron chi connectivity index (χ2n) is 4.30. The highest BCUT2D eigenvalue weighted by Crippen LogP contribution is 2.29. The zero-order valence-corrected chi connectivity index (χ0v) is 11.4. The van der Waals surface area contributed by atoms with Crippen LogP contribution in [0.1, 0.15) is 38.3 Å². The Hall–Kier alpha value is -0.280. The van der Waals surface area contributed by atoms with Gasteiger partial charge in [0.25, 0.3) is 0 Å². The van der Waals surface area contributed by atoms with Gasteiger partial charge < -0.3 is 4.90 Å². The van der Waals surface area contributed by atoms with E-state index in [0.29, 0.717) is 6.04 Å². The molecule has 0 aromatic carbocycles. The molecule has 2 nitrogen and oxygen atoms in total. The number of aryl methyl sites for hydroxylation is 1. The third kappa shape index (κ3) is 2.69. The van der Waals surface area contributed by atoms with Gasteiger partial charge in [0.15, 0.2) is 5.13 Å². The monoisotopic (exact) mass is 258 g/mol. The van der Waals surface area contributed by atoms with Crippen molar-refractivity contribution in [2.45, 2.75) is 45.1 Å². The minimum absolute atomic E-state index is 0.613. The summed E-state index contributed by atoms with van der Waals surface area (Å²) in [6.07, 6.45) is 6.02. The van der Waals surface area contributed by atoms with Crippen molar-refractivity contribution in [3.8, 4) is 0 Å². The summed E-state index contributed by atoms with van der Waals surface area (Å²) in [7, 11) is 0. The first-order chi connectivity index (χ1) is 7.85. The Labute approximate surface area is 107 Å². The van der Waals surface area contributed by atoms with E-state index in [1.54, 1.807) is 11.3 Å². The second-order valence-corrected chi connectivity index (χ2v) is 5.51. The molecule has 0 spiro atoms. The van der Waals surface area contributed by atoms with E-state index < -0.39 is 0 Å². The number of hydrogen-bond donors (Lipinski definition) is 0. The van der Waals surface area contributed by atoms with Gasteiger partial charge in [-0.15, -0.1) is 22.9 Å². The number of rotatable bonds is 4. The zero-order valence-electron chi connectivity index (χ0n) is 9.79. The fourth-order valence-corrected chi connectivity index (χ4v) is 3.53. The quantitative estimate of drug-likeness (QED) is 0.766. The topological polar surface area (TPSA) is 16.1 Å². The van der Waals surface area contributed by atoms with Crippen LogP contribution in [-0.2, 0) is 6.42 Å². The largest absolute Gasteiger partial charge is 0.345 e. The predicted molar refractivity (Wildman–Crippen MR) is 71.8 cm³/mol. The number of hydrogen-bond acceptors (Lipinski definition) is 3. The van der Waals surface area contributed by atoms with Gasteiger partial charge in [-0.05, 0) is 32.1 Å². The number of piperidine rings is 1. The molecule has 0 bridgehead atoms. The van der Waals surface area contributed by atoms with Gasteiger partial charge in [-0.1, -0.05) is 6.92 Å². The van der Waals surface area contributed by atoms with Crippen LogP contribution in [0, 0.1) is 0 Å². The smallest absolute Gasteiger partial charge is 0.185 e. The Bertz CT molecular complexity index is 325. The average molecular weight is 259 g/mol. The SMILES string of the molecule is CCc1csc(N2CCCCC2CCCl)n1. The summed E-state index contributed by atoms with van der Waals surface area (Å²) in [5.74, 6) is 0.757. The molecule has 0 saturated carbocycles. The molecule has 1 saturated heterocycles. The molecular weight excluding hydrogens is 240 g/mol. The maximum absolute atomic E-state index is 5.88. The number of thiazole rings is 1. The standard InChI is InChI=1S/C12H19ClN2S/c1-2-10-9-16-12(14-10)15-8-4-3-5-11(15)6-7-13/h9,11H,2-8H2,1H3. The van der Waals surface area contributed by atoms with Gasteiger partial charge in [-0.25, -0.2) is 4.98 Å². The predicted octanol–water partition coefficient (Wildman–Crippen LogP) is 3.69. The maximum atomic E-state index is 5.88. The van der Waals surface area contributed by atoms with Crippen LogP contribution in [0.4, 0.5) is 5.13 Å². The molecule has 2 rings (SSSR count). The summed E-state index contributed by atoms with van der Waals surface area (Å²) >= 11 is 7.66. The highest BCUT2D eigenvalue weighted by Gasteiger charge is 2.23. The van der Waals surface area contributed by atoms with E-state index in [2.05, 4.69) is 22.2 Å². The second kappa shape index (κ2) is 5.87. The highest BCUT2D eigenvalue weighted by molar-refractivity contribution is 7.13. The van der Waals surface area contributed by atoms with E-state index in [-0.39, 0.29) is 0 Å². The molecule has 2 heterocycles. The van der Waals surface area contributed by atoms with Gasteiger partial charge in [0, 0.05) is 23.8 Å². The normalized spacial score (nSPS) is 21.4. The number of alkyl halides is 1. The van der Waals surface area contributed by atoms with Gasteiger partial charge in [0.2, 0.25) is 0 Å². The first kappa shape index (κ1) is 12.2. The van der Waals surface area contributed by atoms with Crippen LogP contribution in [0.5, 0.6) is 0 Å². The molecule has 1 aliphatic heterocycles. The van der Waals surface area contributed by atoms with Crippen LogP contribution in [0.3, 0.4) is 0 Å². The van der Waals surface area contributed by atoms with Crippen LogP contribution < -0.4 is 4.90 Å². The minimum atomic E-state index is 0.613. The molecule has 0 radical (unpaired) electrons. The van der Waals surface area contributed by atoms with Crippen LogP contribution in [0.2, 0.25) is 0 Å². The Morgan fingerprint density at radius 1 is 1.56 bits per heavy atom. The van der Waals surface area contributed by atoms with E-state index in [9.17, 15) is 0 Å². The molecule has 4 heteroatoms. The van der Waals surface area contributed by atoms with E-state index >= 15 is 0 Å². The molecule has 16 heavy (non-hydrogen) atoms. The number of nitrogens with zero attached hydrogens (tertiary/aromatic N) is 2.